The highest BCUT2D eigenvalue weighted by molar-refractivity contribution is 6.04. The Morgan fingerprint density at radius 2 is 2.00 bits per heavy atom. The molecule has 0 bridgehead atoms. The molecule has 0 radical (unpaired) electrons. The number of rotatable bonds is 4. The summed E-state index contributed by atoms with van der Waals surface area (Å²) < 4.78 is 5.40. The topological polar surface area (TPSA) is 109 Å². The van der Waals surface area contributed by atoms with Crippen LogP contribution in [0.25, 0.3) is 22.3 Å². The molecule has 0 spiro atoms. The van der Waals surface area contributed by atoms with Crippen molar-refractivity contribution in [3.05, 3.63) is 53.1 Å². The van der Waals surface area contributed by atoms with Gasteiger partial charge >= 0.3 is 0 Å². The van der Waals surface area contributed by atoms with Crippen molar-refractivity contribution in [2.24, 2.45) is 0 Å². The van der Waals surface area contributed by atoms with Crippen molar-refractivity contribution in [1.29, 1.82) is 0 Å². The van der Waals surface area contributed by atoms with Crippen LogP contribution in [-0.4, -0.2) is 38.2 Å². The standard InChI is InChI=1S/C20H20N6O2/c1-10-5-6-15(20(22-10)28-4)16-8-13-7-14(9-21-18(13)24-16)23-19(27)17-11(2)12(3)25-26-17/h5-9H,1-4H3,(H,21,24)(H,23,27)(H,25,26). The molecule has 142 valence electrons. The zero-order valence-electron chi connectivity index (χ0n) is 16.0. The van der Waals surface area contributed by atoms with Crippen molar-refractivity contribution in [1.82, 2.24) is 25.1 Å². The Morgan fingerprint density at radius 1 is 1.18 bits per heavy atom. The highest BCUT2D eigenvalue weighted by Gasteiger charge is 2.15. The molecule has 4 heterocycles. The van der Waals surface area contributed by atoms with Gasteiger partial charge in [-0.2, -0.15) is 5.10 Å². The molecule has 0 unspecified atom stereocenters. The number of H-pyrrole nitrogens is 2. The van der Waals surface area contributed by atoms with Gasteiger partial charge in [0, 0.05) is 16.6 Å². The third kappa shape index (κ3) is 3.09. The number of amides is 1. The highest BCUT2D eigenvalue weighted by atomic mass is 16.5. The number of hydrogen-bond donors (Lipinski definition) is 3. The Hall–Kier alpha value is -3.68. The maximum absolute atomic E-state index is 12.5. The zero-order chi connectivity index (χ0) is 19.8. The second-order valence-electron chi connectivity index (χ2n) is 6.62. The first kappa shape index (κ1) is 17.7. The van der Waals surface area contributed by atoms with Gasteiger partial charge in [0.1, 0.15) is 11.3 Å². The monoisotopic (exact) mass is 376 g/mol. The third-order valence-corrected chi connectivity index (χ3v) is 4.69. The largest absolute Gasteiger partial charge is 0.480 e. The summed E-state index contributed by atoms with van der Waals surface area (Å²) in [7, 11) is 1.60. The first-order chi connectivity index (χ1) is 13.5. The number of fused-ring (bicyclic) bond motifs is 1. The predicted octanol–water partition coefficient (Wildman–Crippen LogP) is 3.53. The lowest BCUT2D eigenvalue weighted by molar-refractivity contribution is 0.102. The van der Waals surface area contributed by atoms with E-state index in [9.17, 15) is 4.79 Å². The van der Waals surface area contributed by atoms with Gasteiger partial charge in [0.25, 0.3) is 5.91 Å². The Labute approximate surface area is 161 Å². The summed E-state index contributed by atoms with van der Waals surface area (Å²) in [5, 5.41) is 10.6. The number of hydrogen-bond acceptors (Lipinski definition) is 5. The third-order valence-electron chi connectivity index (χ3n) is 4.69. The Morgan fingerprint density at radius 3 is 2.71 bits per heavy atom. The maximum Gasteiger partial charge on any atom is 0.273 e. The molecule has 4 aromatic rings. The van der Waals surface area contributed by atoms with Crippen LogP contribution in [-0.2, 0) is 0 Å². The van der Waals surface area contributed by atoms with Crippen LogP contribution in [0.5, 0.6) is 5.88 Å². The molecule has 0 saturated heterocycles. The van der Waals surface area contributed by atoms with E-state index in [0.717, 1.165) is 33.6 Å². The van der Waals surface area contributed by atoms with E-state index in [-0.39, 0.29) is 5.91 Å². The molecule has 8 nitrogen and oxygen atoms in total. The lowest BCUT2D eigenvalue weighted by atomic mass is 10.1. The van der Waals surface area contributed by atoms with Crippen LogP contribution in [0.15, 0.2) is 30.5 Å². The molecule has 0 aliphatic heterocycles. The van der Waals surface area contributed by atoms with Gasteiger partial charge in [-0.1, -0.05) is 0 Å². The number of anilines is 1. The van der Waals surface area contributed by atoms with E-state index in [0.29, 0.717) is 22.9 Å². The van der Waals surface area contributed by atoms with E-state index in [1.54, 1.807) is 13.3 Å². The molecule has 4 rings (SSSR count). The van der Waals surface area contributed by atoms with E-state index in [1.807, 2.05) is 45.0 Å². The van der Waals surface area contributed by atoms with Crippen LogP contribution < -0.4 is 10.1 Å². The fourth-order valence-corrected chi connectivity index (χ4v) is 3.03. The summed E-state index contributed by atoms with van der Waals surface area (Å²) in [6.45, 7) is 5.62. The molecule has 0 aliphatic rings. The molecule has 3 N–H and O–H groups in total. The number of aromatic nitrogens is 5. The number of ether oxygens (including phenoxy) is 1. The van der Waals surface area contributed by atoms with Gasteiger partial charge in [-0.15, -0.1) is 0 Å². The minimum atomic E-state index is -0.251. The molecular formula is C20H20N6O2. The summed E-state index contributed by atoms with van der Waals surface area (Å²) in [6.07, 6.45) is 1.61. The summed E-state index contributed by atoms with van der Waals surface area (Å²) >= 11 is 0. The van der Waals surface area contributed by atoms with Crippen LogP contribution >= 0.6 is 0 Å². The predicted molar refractivity (Wildman–Crippen MR) is 107 cm³/mol. The smallest absolute Gasteiger partial charge is 0.273 e. The first-order valence-electron chi connectivity index (χ1n) is 8.80. The van der Waals surface area contributed by atoms with Gasteiger partial charge in [-0.05, 0) is 45.0 Å². The Kier molecular flexibility index (Phi) is 4.31. The van der Waals surface area contributed by atoms with Crippen molar-refractivity contribution < 1.29 is 9.53 Å². The second kappa shape index (κ2) is 6.80. The van der Waals surface area contributed by atoms with E-state index in [2.05, 4.69) is 30.5 Å². The molecule has 1 amide bonds. The minimum absolute atomic E-state index is 0.251. The van der Waals surface area contributed by atoms with Crippen LogP contribution in [0.2, 0.25) is 0 Å². The van der Waals surface area contributed by atoms with Gasteiger partial charge in [0.05, 0.1) is 35.9 Å². The van der Waals surface area contributed by atoms with Crippen molar-refractivity contribution >= 4 is 22.6 Å². The van der Waals surface area contributed by atoms with E-state index in [4.69, 9.17) is 4.74 Å². The number of carbonyl (C=O) groups excluding carboxylic acids is 1. The van der Waals surface area contributed by atoms with E-state index < -0.39 is 0 Å². The average Bonchev–Trinajstić information content (AvgIpc) is 3.24. The lowest BCUT2D eigenvalue weighted by Crippen LogP contribution is -2.13. The molecule has 8 heteroatoms. The van der Waals surface area contributed by atoms with Crippen LogP contribution in [0, 0.1) is 20.8 Å². The van der Waals surface area contributed by atoms with Gasteiger partial charge in [-0.25, -0.2) is 9.97 Å². The number of carbonyl (C=O) groups is 1. The van der Waals surface area contributed by atoms with Crippen molar-refractivity contribution in [3.8, 4) is 17.1 Å². The minimum Gasteiger partial charge on any atom is -0.480 e. The van der Waals surface area contributed by atoms with E-state index >= 15 is 0 Å². The summed E-state index contributed by atoms with van der Waals surface area (Å²) in [5.74, 6) is 0.296. The molecule has 0 saturated carbocycles. The number of nitrogens with zero attached hydrogens (tertiary/aromatic N) is 3. The van der Waals surface area contributed by atoms with Gasteiger partial charge in [-0.3, -0.25) is 9.89 Å². The zero-order valence-corrected chi connectivity index (χ0v) is 16.0. The number of pyridine rings is 2. The summed E-state index contributed by atoms with van der Waals surface area (Å²) in [5.41, 5.74) is 5.96. The van der Waals surface area contributed by atoms with Crippen molar-refractivity contribution in [2.45, 2.75) is 20.8 Å². The van der Waals surface area contributed by atoms with Gasteiger partial charge in [0.2, 0.25) is 5.88 Å². The molecular weight excluding hydrogens is 356 g/mol. The number of aryl methyl sites for hydroxylation is 2. The Bertz CT molecular complexity index is 1190. The number of nitrogens with one attached hydrogen (secondary N) is 3. The number of aromatic amines is 2. The summed E-state index contributed by atoms with van der Waals surface area (Å²) in [4.78, 5) is 24.6. The second-order valence-corrected chi connectivity index (χ2v) is 6.62. The fraction of sp³-hybridized carbons (Fsp3) is 0.200. The molecule has 0 atom stereocenters. The van der Waals surface area contributed by atoms with Crippen LogP contribution in [0.4, 0.5) is 5.69 Å². The van der Waals surface area contributed by atoms with Crippen LogP contribution in [0.1, 0.15) is 27.4 Å². The van der Waals surface area contributed by atoms with E-state index in [1.165, 1.54) is 0 Å². The SMILES string of the molecule is COc1nc(C)ccc1-c1cc2cc(NC(=O)c3[nH]nc(C)c3C)cnc2[nH]1. The first-order valence-corrected chi connectivity index (χ1v) is 8.80. The van der Waals surface area contributed by atoms with Crippen LogP contribution in [0.3, 0.4) is 0 Å². The molecule has 0 aromatic carbocycles. The quantitative estimate of drug-likeness (QED) is 0.505. The molecule has 4 aromatic heterocycles. The molecule has 0 fully saturated rings. The average molecular weight is 376 g/mol. The van der Waals surface area contributed by atoms with Crippen molar-refractivity contribution in [3.63, 3.8) is 0 Å². The highest BCUT2D eigenvalue weighted by Crippen LogP contribution is 2.30. The molecule has 0 aliphatic carbocycles. The maximum atomic E-state index is 12.5. The van der Waals surface area contributed by atoms with Crippen molar-refractivity contribution in [2.75, 3.05) is 12.4 Å². The lowest BCUT2D eigenvalue weighted by Gasteiger charge is -2.06. The normalized spacial score (nSPS) is 11.0. The van der Waals surface area contributed by atoms with Gasteiger partial charge in [0.15, 0.2) is 0 Å². The number of methoxy groups -OCH3 is 1. The van der Waals surface area contributed by atoms with Gasteiger partial charge < -0.3 is 15.0 Å². The fourth-order valence-electron chi connectivity index (χ4n) is 3.03. The summed E-state index contributed by atoms with van der Waals surface area (Å²) in [6, 6.07) is 7.71. The molecule has 28 heavy (non-hydrogen) atoms. The Balaban J connectivity index is 1.65.